The van der Waals surface area contributed by atoms with Crippen molar-refractivity contribution in [2.45, 2.75) is 25.3 Å². The summed E-state index contributed by atoms with van der Waals surface area (Å²) in [5.74, 6) is -0.337. The first-order valence-corrected chi connectivity index (χ1v) is 10.0. The molecule has 4 aromatic rings. The molecule has 0 aliphatic carbocycles. The first-order valence-electron chi connectivity index (χ1n) is 9.12. The average Bonchev–Trinajstić information content (AvgIpc) is 3.52. The molecule has 10 heteroatoms. The van der Waals surface area contributed by atoms with Gasteiger partial charge in [0, 0.05) is 41.8 Å². The highest BCUT2D eigenvalue weighted by atomic mass is 32.1. The van der Waals surface area contributed by atoms with E-state index in [0.29, 0.717) is 29.9 Å². The Bertz CT molecular complexity index is 1170. The summed E-state index contributed by atoms with van der Waals surface area (Å²) in [5, 5.41) is 12.9. The number of H-pyrrole nitrogens is 1. The first-order chi connectivity index (χ1) is 14.1. The number of carbonyl (C=O) groups is 1. The van der Waals surface area contributed by atoms with Gasteiger partial charge in [-0.3, -0.25) is 9.89 Å². The number of hydrogen-bond donors (Lipinski definition) is 1. The molecule has 148 valence electrons. The Balaban J connectivity index is 1.44. The Morgan fingerprint density at radius 1 is 1.24 bits per heavy atom. The van der Waals surface area contributed by atoms with Crippen LogP contribution in [0.2, 0.25) is 0 Å². The summed E-state index contributed by atoms with van der Waals surface area (Å²) in [6.07, 6.45) is 7.19. The van der Waals surface area contributed by atoms with Crippen LogP contribution in [0.1, 0.15) is 22.5 Å². The number of rotatable bonds is 4. The summed E-state index contributed by atoms with van der Waals surface area (Å²) in [6, 6.07) is 0.740. The Morgan fingerprint density at radius 2 is 2.14 bits per heavy atom. The number of nitrogens with one attached hydrogen (secondary N) is 1. The Kier molecular flexibility index (Phi) is 4.35. The molecule has 0 radical (unpaired) electrons. The third-order valence-corrected chi connectivity index (χ3v) is 6.08. The molecule has 0 unspecified atom stereocenters. The molecule has 1 fully saturated rings. The molecule has 1 aliphatic heterocycles. The van der Waals surface area contributed by atoms with Crippen LogP contribution in [0, 0.1) is 0 Å². The molecule has 0 bridgehead atoms. The molecular weight excluding hydrogens is 398 g/mol. The number of hydrogen-bond acceptors (Lipinski definition) is 5. The second kappa shape index (κ2) is 7.03. The first kappa shape index (κ1) is 17.9. The van der Waals surface area contributed by atoms with Crippen LogP contribution in [-0.2, 0) is 0 Å². The van der Waals surface area contributed by atoms with Crippen LogP contribution in [0.3, 0.4) is 0 Å². The van der Waals surface area contributed by atoms with Gasteiger partial charge in [-0.25, -0.2) is 18.3 Å². The lowest BCUT2D eigenvalue weighted by Gasteiger charge is -2.23. The van der Waals surface area contributed by atoms with Gasteiger partial charge in [0.15, 0.2) is 5.65 Å². The van der Waals surface area contributed by atoms with Crippen molar-refractivity contribution in [1.82, 2.24) is 29.7 Å². The average molecular weight is 414 g/mol. The minimum absolute atomic E-state index is 0.337. The fraction of sp³-hybridized carbons (Fsp3) is 0.263. The van der Waals surface area contributed by atoms with E-state index in [-0.39, 0.29) is 5.91 Å². The normalized spacial score (nSPS) is 16.9. The van der Waals surface area contributed by atoms with E-state index >= 15 is 0 Å². The number of carbonyl (C=O) groups excluding carboxylic acids is 1. The molecule has 29 heavy (non-hydrogen) atoms. The lowest BCUT2D eigenvalue weighted by molar-refractivity contribution is 0.0366. The van der Waals surface area contributed by atoms with Gasteiger partial charge in [-0.05, 0) is 29.9 Å². The van der Waals surface area contributed by atoms with Crippen LogP contribution in [0.4, 0.5) is 8.78 Å². The molecule has 1 amide bonds. The molecule has 1 aliphatic rings. The summed E-state index contributed by atoms with van der Waals surface area (Å²) in [4.78, 5) is 19.0. The quantitative estimate of drug-likeness (QED) is 0.552. The Hall–Kier alpha value is -3.14. The highest BCUT2D eigenvalue weighted by molar-refractivity contribution is 7.12. The molecule has 4 aromatic heterocycles. The number of thiophene rings is 1. The van der Waals surface area contributed by atoms with Crippen LogP contribution >= 0.6 is 11.3 Å². The summed E-state index contributed by atoms with van der Waals surface area (Å²) in [7, 11) is 0. The highest BCUT2D eigenvalue weighted by Crippen LogP contribution is 2.32. The van der Waals surface area contributed by atoms with Crippen molar-refractivity contribution in [3.05, 3.63) is 47.3 Å². The van der Waals surface area contributed by atoms with Crippen molar-refractivity contribution >= 4 is 22.9 Å². The van der Waals surface area contributed by atoms with Gasteiger partial charge >= 0.3 is 0 Å². The van der Waals surface area contributed by atoms with Gasteiger partial charge in [-0.2, -0.15) is 10.2 Å². The number of aromatic nitrogens is 5. The Morgan fingerprint density at radius 3 is 2.93 bits per heavy atom. The van der Waals surface area contributed by atoms with Crippen molar-refractivity contribution in [1.29, 1.82) is 0 Å². The minimum atomic E-state index is -2.52. The largest absolute Gasteiger partial charge is 0.329 e. The second-order valence-electron chi connectivity index (χ2n) is 6.90. The van der Waals surface area contributed by atoms with Crippen LogP contribution in [0.5, 0.6) is 0 Å². The maximum absolute atomic E-state index is 13.2. The second-order valence-corrected chi connectivity index (χ2v) is 7.81. The molecule has 1 atom stereocenters. The maximum atomic E-state index is 13.2. The Labute approximate surface area is 168 Å². The standard InChI is InChI=1S/C19H16F2N6OS/c20-17(21)15-2-1-3-26(15)19(28)16-4-11(10-29-16)14-8-25-27-9-13(5-22-18(14)27)12-6-23-24-7-12/h4-10,15,17H,1-3H2,(H,23,24)/t15-/m1/s1. The maximum Gasteiger partial charge on any atom is 0.264 e. The molecule has 1 N–H and O–H groups in total. The minimum Gasteiger partial charge on any atom is -0.329 e. The lowest BCUT2D eigenvalue weighted by Crippen LogP contribution is -2.39. The van der Waals surface area contributed by atoms with Gasteiger partial charge in [0.2, 0.25) is 0 Å². The number of amides is 1. The molecular formula is C19H16F2N6OS. The predicted octanol–water partition coefficient (Wildman–Crippen LogP) is 3.72. The summed E-state index contributed by atoms with van der Waals surface area (Å²) < 4.78 is 28.0. The van der Waals surface area contributed by atoms with Crippen LogP contribution in [-0.4, -0.2) is 54.6 Å². The molecule has 0 saturated carbocycles. The highest BCUT2D eigenvalue weighted by Gasteiger charge is 2.36. The number of likely N-dealkylation sites (tertiary alicyclic amines) is 1. The zero-order chi connectivity index (χ0) is 20.0. The monoisotopic (exact) mass is 414 g/mol. The van der Waals surface area contributed by atoms with E-state index < -0.39 is 12.5 Å². The van der Waals surface area contributed by atoms with Crippen LogP contribution < -0.4 is 0 Å². The number of halogens is 2. The number of fused-ring (bicyclic) bond motifs is 1. The summed E-state index contributed by atoms with van der Waals surface area (Å²) in [5.41, 5.74) is 4.00. The summed E-state index contributed by atoms with van der Waals surface area (Å²) in [6.45, 7) is 0.371. The molecule has 0 aromatic carbocycles. The van der Waals surface area contributed by atoms with E-state index in [9.17, 15) is 13.6 Å². The van der Waals surface area contributed by atoms with Crippen molar-refractivity contribution < 1.29 is 13.6 Å². The molecule has 5 heterocycles. The third-order valence-electron chi connectivity index (χ3n) is 5.16. The van der Waals surface area contributed by atoms with Gasteiger partial charge in [-0.15, -0.1) is 11.3 Å². The van der Waals surface area contributed by atoms with E-state index in [4.69, 9.17) is 0 Å². The lowest BCUT2D eigenvalue weighted by atomic mass is 10.1. The molecule has 1 saturated heterocycles. The summed E-state index contributed by atoms with van der Waals surface area (Å²) >= 11 is 1.25. The van der Waals surface area contributed by atoms with Crippen LogP contribution in [0.25, 0.3) is 27.9 Å². The zero-order valence-electron chi connectivity index (χ0n) is 15.1. The van der Waals surface area contributed by atoms with E-state index in [1.54, 1.807) is 35.4 Å². The van der Waals surface area contributed by atoms with Gasteiger partial charge in [0.05, 0.1) is 23.3 Å². The zero-order valence-corrected chi connectivity index (χ0v) is 15.9. The molecule has 5 rings (SSSR count). The smallest absolute Gasteiger partial charge is 0.264 e. The SMILES string of the molecule is O=C(c1cc(-c2cnn3cc(-c4cn[nH]c4)cnc23)cs1)N1CCC[C@@H]1C(F)F. The fourth-order valence-corrected chi connectivity index (χ4v) is 4.54. The third kappa shape index (κ3) is 3.09. The van der Waals surface area contributed by atoms with E-state index in [1.165, 1.54) is 16.2 Å². The number of alkyl halides is 2. The number of nitrogens with zero attached hydrogens (tertiary/aromatic N) is 5. The fourth-order valence-electron chi connectivity index (χ4n) is 3.67. The molecule has 7 nitrogen and oxygen atoms in total. The van der Waals surface area contributed by atoms with Gasteiger partial charge < -0.3 is 4.90 Å². The van der Waals surface area contributed by atoms with Gasteiger partial charge in [0.1, 0.15) is 0 Å². The van der Waals surface area contributed by atoms with Crippen molar-refractivity contribution in [3.63, 3.8) is 0 Å². The van der Waals surface area contributed by atoms with E-state index in [2.05, 4.69) is 20.3 Å². The van der Waals surface area contributed by atoms with Crippen molar-refractivity contribution in [2.24, 2.45) is 0 Å². The van der Waals surface area contributed by atoms with Crippen molar-refractivity contribution in [3.8, 4) is 22.3 Å². The van der Waals surface area contributed by atoms with Gasteiger partial charge in [-0.1, -0.05) is 0 Å². The predicted molar refractivity (Wildman–Crippen MR) is 104 cm³/mol. The van der Waals surface area contributed by atoms with Crippen LogP contribution in [0.15, 0.2) is 42.4 Å². The molecule has 0 spiro atoms. The van der Waals surface area contributed by atoms with Gasteiger partial charge in [0.25, 0.3) is 12.3 Å². The number of aromatic amines is 1. The van der Waals surface area contributed by atoms with E-state index in [0.717, 1.165) is 22.3 Å². The van der Waals surface area contributed by atoms with E-state index in [1.807, 2.05) is 11.6 Å². The topological polar surface area (TPSA) is 79.2 Å². The van der Waals surface area contributed by atoms with Crippen molar-refractivity contribution in [2.75, 3.05) is 6.54 Å².